The smallest absolute Gasteiger partial charge is 0.495 e. The molecule has 2 heterocycles. The fraction of sp³-hybridized carbons (Fsp3) is 0.406. The third-order valence-corrected chi connectivity index (χ3v) is 8.62. The summed E-state index contributed by atoms with van der Waals surface area (Å²) < 4.78 is 67.8. The molecule has 0 radical (unpaired) electrons. The van der Waals surface area contributed by atoms with Gasteiger partial charge < -0.3 is 31.1 Å². The van der Waals surface area contributed by atoms with Gasteiger partial charge in [0.2, 0.25) is 5.96 Å². The number of aliphatic imine (C=N–C) groups is 1. The Morgan fingerprint density at radius 1 is 1.14 bits per heavy atom. The monoisotopic (exact) mass is 706 g/mol. The SMILES string of the molecule is CCC1(CC)N=C(Nc2ccc(CO[P+](=O)O)cc2OC)NC(Nc2ccc(-c3cnn(CCCO)c3)c(C)c2C(=O)NC)=C1C(F)(F)F. The molecule has 0 spiro atoms. The van der Waals surface area contributed by atoms with E-state index in [1.165, 1.54) is 14.2 Å². The number of carbonyl (C=O) groups is 1. The molecule has 0 aliphatic carbocycles. The summed E-state index contributed by atoms with van der Waals surface area (Å²) in [5.74, 6) is -0.641. The summed E-state index contributed by atoms with van der Waals surface area (Å²) >= 11 is 0. The first-order chi connectivity index (χ1) is 23.3. The van der Waals surface area contributed by atoms with Gasteiger partial charge in [0.05, 0.1) is 35.8 Å². The minimum atomic E-state index is -4.81. The van der Waals surface area contributed by atoms with Crippen LogP contribution >= 0.6 is 8.25 Å². The second kappa shape index (κ2) is 15.8. The molecule has 49 heavy (non-hydrogen) atoms. The largest absolute Gasteiger partial charge is 0.695 e. The third kappa shape index (κ3) is 8.39. The van der Waals surface area contributed by atoms with Gasteiger partial charge in [0.25, 0.3) is 5.91 Å². The lowest BCUT2D eigenvalue weighted by Crippen LogP contribution is -2.49. The van der Waals surface area contributed by atoms with Crippen LogP contribution in [-0.2, 0) is 22.2 Å². The van der Waals surface area contributed by atoms with Crippen LogP contribution in [0, 0.1) is 6.92 Å². The van der Waals surface area contributed by atoms with Crippen LogP contribution in [0.5, 0.6) is 5.75 Å². The van der Waals surface area contributed by atoms with Crippen molar-refractivity contribution in [2.75, 3.05) is 31.4 Å². The maximum atomic E-state index is 15.0. The van der Waals surface area contributed by atoms with E-state index in [0.717, 1.165) is 0 Å². The molecule has 1 aliphatic rings. The van der Waals surface area contributed by atoms with Gasteiger partial charge >= 0.3 is 14.4 Å². The van der Waals surface area contributed by atoms with Crippen LogP contribution in [-0.4, -0.2) is 64.1 Å². The number of rotatable bonds is 14. The molecule has 13 nitrogen and oxygen atoms in total. The van der Waals surface area contributed by atoms with E-state index >= 15 is 0 Å². The molecule has 1 aliphatic heterocycles. The number of benzene rings is 2. The van der Waals surface area contributed by atoms with E-state index in [1.54, 1.807) is 68.2 Å². The number of aliphatic hydroxyl groups excluding tert-OH is 1. The number of anilines is 2. The minimum Gasteiger partial charge on any atom is -0.495 e. The van der Waals surface area contributed by atoms with Crippen LogP contribution in [0.1, 0.15) is 54.6 Å². The summed E-state index contributed by atoms with van der Waals surface area (Å²) in [6, 6.07) is 8.00. The molecule has 2 aromatic carbocycles. The number of nitrogens with zero attached hydrogens (tertiary/aromatic N) is 3. The summed E-state index contributed by atoms with van der Waals surface area (Å²) in [4.78, 5) is 26.8. The summed E-state index contributed by atoms with van der Waals surface area (Å²) in [7, 11) is 0.0215. The van der Waals surface area contributed by atoms with Crippen LogP contribution in [0.2, 0.25) is 0 Å². The Kier molecular flexibility index (Phi) is 12.0. The quantitative estimate of drug-likeness (QED) is 0.116. The van der Waals surface area contributed by atoms with Crippen LogP contribution in [0.25, 0.3) is 11.1 Å². The number of aryl methyl sites for hydroxylation is 1. The predicted octanol–water partition coefficient (Wildman–Crippen LogP) is 5.59. The first-order valence-electron chi connectivity index (χ1n) is 15.5. The Labute approximate surface area is 282 Å². The molecule has 1 aromatic heterocycles. The maximum absolute atomic E-state index is 15.0. The van der Waals surface area contributed by atoms with Gasteiger partial charge in [-0.3, -0.25) is 9.48 Å². The number of methoxy groups -OCH3 is 1. The molecule has 6 N–H and O–H groups in total. The minimum absolute atomic E-state index is 0.00355. The van der Waals surface area contributed by atoms with E-state index in [-0.39, 0.29) is 49.0 Å². The molecule has 0 saturated heterocycles. The lowest BCUT2D eigenvalue weighted by Gasteiger charge is -2.38. The lowest BCUT2D eigenvalue weighted by atomic mass is 9.83. The number of carbonyl (C=O) groups excluding carboxylic acids is 1. The fourth-order valence-corrected chi connectivity index (χ4v) is 6.02. The average molecular weight is 707 g/mol. The van der Waals surface area contributed by atoms with Gasteiger partial charge in [0, 0.05) is 36.5 Å². The summed E-state index contributed by atoms with van der Waals surface area (Å²) in [5.41, 5.74) is 0.387. The number of aliphatic hydroxyl groups is 1. The van der Waals surface area contributed by atoms with Gasteiger partial charge in [0.1, 0.15) is 23.8 Å². The highest BCUT2D eigenvalue weighted by molar-refractivity contribution is 7.32. The highest BCUT2D eigenvalue weighted by Gasteiger charge is 2.51. The predicted molar refractivity (Wildman–Crippen MR) is 179 cm³/mol. The van der Waals surface area contributed by atoms with Crippen LogP contribution in [0.4, 0.5) is 24.5 Å². The van der Waals surface area contributed by atoms with E-state index in [1.807, 2.05) is 0 Å². The number of hydrogen-bond donors (Lipinski definition) is 6. The lowest BCUT2D eigenvalue weighted by molar-refractivity contribution is -0.103. The zero-order valence-corrected chi connectivity index (χ0v) is 28.6. The molecule has 1 amide bonds. The number of nitrogens with one attached hydrogen (secondary N) is 4. The molecule has 1 atom stereocenters. The third-order valence-electron chi connectivity index (χ3n) is 8.27. The molecule has 1 unspecified atom stereocenters. The van der Waals surface area contributed by atoms with Crippen molar-refractivity contribution < 1.29 is 41.8 Å². The van der Waals surface area contributed by atoms with Crippen molar-refractivity contribution >= 4 is 31.5 Å². The van der Waals surface area contributed by atoms with Gasteiger partial charge in [-0.15, -0.1) is 9.42 Å². The van der Waals surface area contributed by atoms with Gasteiger partial charge in [-0.25, -0.2) is 4.99 Å². The fourth-order valence-electron chi connectivity index (χ4n) is 5.76. The van der Waals surface area contributed by atoms with E-state index in [2.05, 4.69) is 31.4 Å². The Balaban J connectivity index is 1.78. The maximum Gasteiger partial charge on any atom is 0.695 e. The van der Waals surface area contributed by atoms with Crippen molar-refractivity contribution in [2.24, 2.45) is 4.99 Å². The molecular weight excluding hydrogens is 666 g/mol. The van der Waals surface area contributed by atoms with Crippen molar-refractivity contribution in [3.05, 3.63) is 70.8 Å². The number of alkyl halides is 3. The molecule has 17 heteroatoms. The number of ether oxygens (including phenoxy) is 1. The number of guanidine groups is 1. The van der Waals surface area contributed by atoms with Crippen LogP contribution in [0.3, 0.4) is 0 Å². The normalized spacial score (nSPS) is 14.6. The molecule has 0 bridgehead atoms. The van der Waals surface area contributed by atoms with Gasteiger partial charge in [-0.2, -0.15) is 18.3 Å². The van der Waals surface area contributed by atoms with E-state index in [0.29, 0.717) is 40.9 Å². The van der Waals surface area contributed by atoms with Crippen molar-refractivity contribution in [1.29, 1.82) is 0 Å². The molecule has 4 rings (SSSR count). The zero-order valence-electron chi connectivity index (χ0n) is 27.7. The van der Waals surface area contributed by atoms with Gasteiger partial charge in [0.15, 0.2) is 0 Å². The summed E-state index contributed by atoms with van der Waals surface area (Å²) in [6.07, 6.45) is -0.893. The second-order valence-corrected chi connectivity index (χ2v) is 11.9. The second-order valence-electron chi connectivity index (χ2n) is 11.2. The summed E-state index contributed by atoms with van der Waals surface area (Å²) in [6.45, 7) is 5.28. The molecule has 0 saturated carbocycles. The number of amides is 1. The van der Waals surface area contributed by atoms with Crippen LogP contribution < -0.4 is 26.0 Å². The van der Waals surface area contributed by atoms with Gasteiger partial charge in [-0.05, 0) is 61.1 Å². The Hall–Kier alpha value is -4.50. The molecular formula is C32H40F3N7O6P+. The van der Waals surface area contributed by atoms with Crippen LogP contribution in [0.15, 0.2) is 59.1 Å². The Morgan fingerprint density at radius 2 is 1.86 bits per heavy atom. The highest BCUT2D eigenvalue weighted by Crippen LogP contribution is 2.44. The average Bonchev–Trinajstić information content (AvgIpc) is 3.54. The molecule has 264 valence electrons. The molecule has 3 aromatic rings. The number of aromatic nitrogens is 2. The van der Waals surface area contributed by atoms with E-state index < -0.39 is 37.3 Å². The topological polar surface area (TPSA) is 171 Å². The van der Waals surface area contributed by atoms with E-state index in [9.17, 15) is 22.5 Å². The van der Waals surface area contributed by atoms with Crippen molar-refractivity contribution in [1.82, 2.24) is 20.4 Å². The number of halogens is 3. The zero-order chi connectivity index (χ0) is 35.9. The number of hydrogen-bond acceptors (Lipinski definition) is 10. The van der Waals surface area contributed by atoms with Crippen molar-refractivity contribution in [2.45, 2.75) is 64.9 Å². The first-order valence-corrected chi connectivity index (χ1v) is 16.6. The summed E-state index contributed by atoms with van der Waals surface area (Å²) in [5, 5.41) is 24.8. The Bertz CT molecular complexity index is 1750. The molecule has 0 fully saturated rings. The van der Waals surface area contributed by atoms with E-state index in [4.69, 9.17) is 19.3 Å². The van der Waals surface area contributed by atoms with Crippen molar-refractivity contribution in [3.63, 3.8) is 0 Å². The first kappa shape index (κ1) is 37.3. The standard InChI is InChI=1S/C32H39F3N7O6P/c1-6-31(7-2)27(32(33,34)35)28(40-30(41-31)39-23-11-9-20(15-25(23)47-5)18-48-49(45)46)38-24-12-10-22(19(3)26(24)29(44)36-4)21-16-37-42(17-21)13-8-14-43/h9-12,15-17,43H,6-8,13-14,18H2,1-5H3,(H4-,36,38,39,40,41,44,45,46)/p+1. The Morgan fingerprint density at radius 3 is 2.47 bits per heavy atom. The van der Waals surface area contributed by atoms with Gasteiger partial charge in [-0.1, -0.05) is 26.0 Å². The van der Waals surface area contributed by atoms with Crippen molar-refractivity contribution in [3.8, 4) is 16.9 Å². The highest BCUT2D eigenvalue weighted by atomic mass is 31.1.